The van der Waals surface area contributed by atoms with E-state index in [1.807, 2.05) is 50.2 Å². The molecule has 0 saturated carbocycles. The fraction of sp³-hybridized carbons (Fsp3) is 0.278. The third kappa shape index (κ3) is 5.41. The van der Waals surface area contributed by atoms with Gasteiger partial charge < -0.3 is 10.1 Å². The highest BCUT2D eigenvalue weighted by atomic mass is 35.5. The molecule has 0 aliphatic heterocycles. The Bertz CT molecular complexity index is 640. The third-order valence-electron chi connectivity index (χ3n) is 3.01. The second-order valence-electron chi connectivity index (χ2n) is 5.40. The lowest BCUT2D eigenvalue weighted by molar-refractivity contribution is -0.120. The maximum Gasteiger partial charge on any atom is 0.224 e. The van der Waals surface area contributed by atoms with Crippen molar-refractivity contribution in [3.8, 4) is 5.75 Å². The summed E-state index contributed by atoms with van der Waals surface area (Å²) in [6, 6.07) is 15.1. The van der Waals surface area contributed by atoms with Crippen LogP contribution in [0, 0.1) is 0 Å². The van der Waals surface area contributed by atoms with E-state index in [-0.39, 0.29) is 12.0 Å². The van der Waals surface area contributed by atoms with Gasteiger partial charge in [0.1, 0.15) is 5.75 Å². The maximum atomic E-state index is 12.0. The number of hydrogen-bond donors (Lipinski definition) is 1. The summed E-state index contributed by atoms with van der Waals surface area (Å²) in [6.45, 7) is 4.45. The molecule has 2 aromatic carbocycles. The van der Waals surface area contributed by atoms with Gasteiger partial charge in [-0.25, -0.2) is 0 Å². The SMILES string of the molecule is CC(C)Oc1cccc(CNC(=O)Cc2cccc(Cl)c2)c1. The topological polar surface area (TPSA) is 38.3 Å². The van der Waals surface area contributed by atoms with Crippen LogP contribution in [-0.4, -0.2) is 12.0 Å². The molecule has 0 saturated heterocycles. The van der Waals surface area contributed by atoms with Crippen LogP contribution in [0.3, 0.4) is 0 Å². The predicted molar refractivity (Wildman–Crippen MR) is 89.2 cm³/mol. The van der Waals surface area contributed by atoms with Crippen molar-refractivity contribution in [2.24, 2.45) is 0 Å². The highest BCUT2D eigenvalue weighted by molar-refractivity contribution is 6.30. The summed E-state index contributed by atoms with van der Waals surface area (Å²) in [5.41, 5.74) is 1.92. The number of hydrogen-bond acceptors (Lipinski definition) is 2. The van der Waals surface area contributed by atoms with Gasteiger partial charge in [0, 0.05) is 11.6 Å². The largest absolute Gasteiger partial charge is 0.491 e. The van der Waals surface area contributed by atoms with Gasteiger partial charge in [-0.1, -0.05) is 35.9 Å². The van der Waals surface area contributed by atoms with E-state index in [4.69, 9.17) is 16.3 Å². The molecule has 0 spiro atoms. The van der Waals surface area contributed by atoms with Gasteiger partial charge in [-0.2, -0.15) is 0 Å². The molecule has 2 rings (SSSR count). The molecular weight excluding hydrogens is 298 g/mol. The van der Waals surface area contributed by atoms with Crippen molar-refractivity contribution in [3.05, 3.63) is 64.7 Å². The number of benzene rings is 2. The zero-order chi connectivity index (χ0) is 15.9. The molecule has 2 aromatic rings. The molecule has 0 aliphatic rings. The van der Waals surface area contributed by atoms with Crippen LogP contribution in [-0.2, 0) is 17.8 Å². The lowest BCUT2D eigenvalue weighted by Gasteiger charge is -2.11. The Morgan fingerprint density at radius 1 is 1.14 bits per heavy atom. The second-order valence-corrected chi connectivity index (χ2v) is 5.83. The zero-order valence-electron chi connectivity index (χ0n) is 12.8. The minimum absolute atomic E-state index is 0.0301. The van der Waals surface area contributed by atoms with Crippen molar-refractivity contribution in [2.75, 3.05) is 0 Å². The molecule has 0 bridgehead atoms. The lowest BCUT2D eigenvalue weighted by Crippen LogP contribution is -2.24. The van der Waals surface area contributed by atoms with Crippen LogP contribution >= 0.6 is 11.6 Å². The highest BCUT2D eigenvalue weighted by Crippen LogP contribution is 2.15. The summed E-state index contributed by atoms with van der Waals surface area (Å²) < 4.78 is 5.64. The van der Waals surface area contributed by atoms with Crippen LogP contribution in [0.2, 0.25) is 5.02 Å². The second kappa shape index (κ2) is 7.85. The first-order valence-corrected chi connectivity index (χ1v) is 7.67. The third-order valence-corrected chi connectivity index (χ3v) is 3.25. The summed E-state index contributed by atoms with van der Waals surface area (Å²) in [5.74, 6) is 0.786. The molecule has 0 unspecified atom stereocenters. The summed E-state index contributed by atoms with van der Waals surface area (Å²) in [6.07, 6.45) is 0.454. The van der Waals surface area contributed by atoms with Gasteiger partial charge in [-0.05, 0) is 49.2 Å². The van der Waals surface area contributed by atoms with Gasteiger partial charge in [-0.3, -0.25) is 4.79 Å². The average molecular weight is 318 g/mol. The van der Waals surface area contributed by atoms with Crippen LogP contribution < -0.4 is 10.1 Å². The zero-order valence-corrected chi connectivity index (χ0v) is 13.6. The van der Waals surface area contributed by atoms with Crippen LogP contribution in [0.5, 0.6) is 5.75 Å². The first-order valence-electron chi connectivity index (χ1n) is 7.29. The molecule has 1 N–H and O–H groups in total. The monoisotopic (exact) mass is 317 g/mol. The number of ether oxygens (including phenoxy) is 1. The van der Waals surface area contributed by atoms with E-state index in [0.717, 1.165) is 16.9 Å². The molecule has 0 atom stereocenters. The van der Waals surface area contributed by atoms with Crippen molar-refractivity contribution >= 4 is 17.5 Å². The normalized spacial score (nSPS) is 10.5. The Labute approximate surface area is 136 Å². The minimum Gasteiger partial charge on any atom is -0.491 e. The van der Waals surface area contributed by atoms with Crippen LogP contribution in [0.15, 0.2) is 48.5 Å². The number of halogens is 1. The summed E-state index contributed by atoms with van der Waals surface area (Å²) in [5, 5.41) is 3.55. The van der Waals surface area contributed by atoms with Crippen molar-refractivity contribution in [1.82, 2.24) is 5.32 Å². The molecule has 3 nitrogen and oxygen atoms in total. The Balaban J connectivity index is 1.88. The predicted octanol–water partition coefficient (Wildman–Crippen LogP) is 3.99. The molecule has 0 aliphatic carbocycles. The molecule has 1 amide bonds. The fourth-order valence-corrected chi connectivity index (χ4v) is 2.31. The number of amides is 1. The molecule has 0 aromatic heterocycles. The minimum atomic E-state index is -0.0301. The van der Waals surface area contributed by atoms with Gasteiger partial charge in [-0.15, -0.1) is 0 Å². The number of rotatable bonds is 6. The molecule has 116 valence electrons. The summed E-state index contributed by atoms with van der Waals surface area (Å²) >= 11 is 5.91. The van der Waals surface area contributed by atoms with E-state index < -0.39 is 0 Å². The molecule has 0 fully saturated rings. The standard InChI is InChI=1S/C18H20ClNO2/c1-13(2)22-17-8-4-6-15(10-17)12-20-18(21)11-14-5-3-7-16(19)9-14/h3-10,13H,11-12H2,1-2H3,(H,20,21). The van der Waals surface area contributed by atoms with Crippen molar-refractivity contribution < 1.29 is 9.53 Å². The van der Waals surface area contributed by atoms with Crippen LogP contribution in [0.4, 0.5) is 0 Å². The smallest absolute Gasteiger partial charge is 0.224 e. The Morgan fingerprint density at radius 2 is 1.86 bits per heavy atom. The van der Waals surface area contributed by atoms with Crippen LogP contribution in [0.1, 0.15) is 25.0 Å². The quantitative estimate of drug-likeness (QED) is 0.875. The molecule has 4 heteroatoms. The van der Waals surface area contributed by atoms with E-state index >= 15 is 0 Å². The fourth-order valence-electron chi connectivity index (χ4n) is 2.10. The van der Waals surface area contributed by atoms with Gasteiger partial charge in [0.05, 0.1) is 12.5 Å². The Hall–Kier alpha value is -2.00. The Kier molecular flexibility index (Phi) is 5.84. The van der Waals surface area contributed by atoms with Crippen molar-refractivity contribution in [2.45, 2.75) is 32.9 Å². The van der Waals surface area contributed by atoms with E-state index in [1.165, 1.54) is 0 Å². The number of carbonyl (C=O) groups excluding carboxylic acids is 1. The van der Waals surface area contributed by atoms with E-state index in [9.17, 15) is 4.79 Å². The lowest BCUT2D eigenvalue weighted by atomic mass is 10.1. The molecule has 0 heterocycles. The molecule has 22 heavy (non-hydrogen) atoms. The first kappa shape index (κ1) is 16.4. The van der Waals surface area contributed by atoms with Crippen molar-refractivity contribution in [1.29, 1.82) is 0 Å². The number of nitrogens with one attached hydrogen (secondary N) is 1. The average Bonchev–Trinajstić information content (AvgIpc) is 2.45. The maximum absolute atomic E-state index is 12.0. The van der Waals surface area contributed by atoms with Crippen molar-refractivity contribution in [3.63, 3.8) is 0 Å². The summed E-state index contributed by atoms with van der Waals surface area (Å²) in [7, 11) is 0. The summed E-state index contributed by atoms with van der Waals surface area (Å²) in [4.78, 5) is 12.0. The first-order chi connectivity index (χ1) is 10.5. The van der Waals surface area contributed by atoms with E-state index in [2.05, 4.69) is 5.32 Å². The van der Waals surface area contributed by atoms with E-state index in [0.29, 0.717) is 18.0 Å². The highest BCUT2D eigenvalue weighted by Gasteiger charge is 2.05. The van der Waals surface area contributed by atoms with Crippen LogP contribution in [0.25, 0.3) is 0 Å². The van der Waals surface area contributed by atoms with E-state index in [1.54, 1.807) is 12.1 Å². The Morgan fingerprint density at radius 3 is 2.59 bits per heavy atom. The van der Waals surface area contributed by atoms with Gasteiger partial charge >= 0.3 is 0 Å². The molecular formula is C18H20ClNO2. The molecule has 0 radical (unpaired) electrons. The van der Waals surface area contributed by atoms with Gasteiger partial charge in [0.15, 0.2) is 0 Å². The van der Waals surface area contributed by atoms with Gasteiger partial charge in [0.2, 0.25) is 5.91 Å². The van der Waals surface area contributed by atoms with Gasteiger partial charge in [0.25, 0.3) is 0 Å². The number of carbonyl (C=O) groups is 1.